The minimum atomic E-state index is -0.299. The molecule has 4 heterocycles. The molecule has 2 aliphatic rings. The highest BCUT2D eigenvalue weighted by Crippen LogP contribution is 2.31. The summed E-state index contributed by atoms with van der Waals surface area (Å²) in [5.41, 5.74) is 6.50. The molecule has 0 aromatic carbocycles. The highest BCUT2D eigenvalue weighted by Gasteiger charge is 2.24. The molecule has 10 nitrogen and oxygen atoms in total. The van der Waals surface area contributed by atoms with E-state index in [1.54, 1.807) is 29.0 Å². The lowest BCUT2D eigenvalue weighted by Gasteiger charge is -2.17. The van der Waals surface area contributed by atoms with E-state index in [1.807, 2.05) is 0 Å². The first-order chi connectivity index (χ1) is 15.6. The van der Waals surface area contributed by atoms with Crippen molar-refractivity contribution >= 4 is 34.5 Å². The highest BCUT2D eigenvalue weighted by atomic mass is 16.5. The maximum Gasteiger partial charge on any atom is 0.328 e. The summed E-state index contributed by atoms with van der Waals surface area (Å²) in [5, 5.41) is 6.88. The summed E-state index contributed by atoms with van der Waals surface area (Å²) in [5.74, 6) is 0.889. The standard InChI is InChI=1S/C22H25N7O3/c23-16-10-13-11-26-22(28-19(13)29(20(16)30)14-4-1-2-5-14)27-18-8-7-15(12-25-18)32-21(31)17-6-3-9-24-17/h7-8,10-12,14,17,24H,1-6,9,23H2,(H,25,26,27,28)/t17-/m0/s1. The van der Waals surface area contributed by atoms with Crippen LogP contribution in [0, 0.1) is 0 Å². The Morgan fingerprint density at radius 2 is 2.00 bits per heavy atom. The van der Waals surface area contributed by atoms with E-state index in [-0.39, 0.29) is 29.3 Å². The van der Waals surface area contributed by atoms with Crippen LogP contribution in [0.5, 0.6) is 5.75 Å². The summed E-state index contributed by atoms with van der Waals surface area (Å²) in [6.45, 7) is 0.827. The smallest absolute Gasteiger partial charge is 0.328 e. The van der Waals surface area contributed by atoms with Crippen molar-refractivity contribution in [1.29, 1.82) is 0 Å². The molecule has 1 saturated carbocycles. The molecule has 32 heavy (non-hydrogen) atoms. The summed E-state index contributed by atoms with van der Waals surface area (Å²) >= 11 is 0. The molecule has 0 spiro atoms. The first-order valence-electron chi connectivity index (χ1n) is 10.9. The van der Waals surface area contributed by atoms with Gasteiger partial charge < -0.3 is 21.1 Å². The van der Waals surface area contributed by atoms with Crippen molar-refractivity contribution in [2.45, 2.75) is 50.6 Å². The second-order valence-electron chi connectivity index (χ2n) is 8.26. The van der Waals surface area contributed by atoms with Gasteiger partial charge in [-0.1, -0.05) is 12.8 Å². The molecule has 0 unspecified atom stereocenters. The minimum absolute atomic E-state index is 0.0951. The van der Waals surface area contributed by atoms with Gasteiger partial charge in [-0.2, -0.15) is 4.98 Å². The molecule has 4 N–H and O–H groups in total. The molecule has 166 valence electrons. The number of pyridine rings is 2. The number of ether oxygens (including phenoxy) is 1. The fourth-order valence-corrected chi connectivity index (χ4v) is 4.41. The van der Waals surface area contributed by atoms with Gasteiger partial charge in [0.1, 0.15) is 23.3 Å². The van der Waals surface area contributed by atoms with Crippen molar-refractivity contribution in [2.24, 2.45) is 0 Å². The first kappa shape index (κ1) is 20.4. The number of anilines is 3. The van der Waals surface area contributed by atoms with Crippen LogP contribution >= 0.6 is 0 Å². The number of nitrogens with zero attached hydrogens (tertiary/aromatic N) is 4. The van der Waals surface area contributed by atoms with Crippen LogP contribution in [0.25, 0.3) is 11.0 Å². The average molecular weight is 435 g/mol. The number of nitrogens with two attached hydrogens (primary N) is 1. The van der Waals surface area contributed by atoms with Crippen LogP contribution in [0.15, 0.2) is 35.4 Å². The maximum absolute atomic E-state index is 12.8. The molecule has 0 radical (unpaired) electrons. The van der Waals surface area contributed by atoms with Gasteiger partial charge in [-0.15, -0.1) is 0 Å². The summed E-state index contributed by atoms with van der Waals surface area (Å²) in [6.07, 6.45) is 8.91. The summed E-state index contributed by atoms with van der Waals surface area (Å²) < 4.78 is 7.09. The molecule has 1 saturated heterocycles. The predicted molar refractivity (Wildman–Crippen MR) is 120 cm³/mol. The molecular weight excluding hydrogens is 410 g/mol. The number of carbonyl (C=O) groups excluding carboxylic acids is 1. The average Bonchev–Trinajstić information content (AvgIpc) is 3.51. The lowest BCUT2D eigenvalue weighted by molar-refractivity contribution is -0.136. The van der Waals surface area contributed by atoms with Crippen molar-refractivity contribution in [1.82, 2.24) is 24.8 Å². The molecule has 1 atom stereocenters. The highest BCUT2D eigenvalue weighted by molar-refractivity contribution is 5.79. The Morgan fingerprint density at radius 3 is 2.72 bits per heavy atom. The van der Waals surface area contributed by atoms with Crippen molar-refractivity contribution in [3.63, 3.8) is 0 Å². The second kappa shape index (κ2) is 8.54. The Bertz CT molecular complexity index is 1200. The van der Waals surface area contributed by atoms with Crippen LogP contribution in [0.2, 0.25) is 0 Å². The molecular formula is C22H25N7O3. The van der Waals surface area contributed by atoms with E-state index in [9.17, 15) is 9.59 Å². The third-order valence-electron chi connectivity index (χ3n) is 6.03. The van der Waals surface area contributed by atoms with Gasteiger partial charge in [0.25, 0.3) is 5.56 Å². The van der Waals surface area contributed by atoms with Gasteiger partial charge in [0.2, 0.25) is 5.95 Å². The van der Waals surface area contributed by atoms with E-state index in [0.717, 1.165) is 50.5 Å². The molecule has 1 aliphatic carbocycles. The summed E-state index contributed by atoms with van der Waals surface area (Å²) in [6, 6.07) is 4.81. The second-order valence-corrected chi connectivity index (χ2v) is 8.26. The zero-order valence-corrected chi connectivity index (χ0v) is 17.6. The number of carbonyl (C=O) groups is 1. The number of nitrogens with one attached hydrogen (secondary N) is 2. The Morgan fingerprint density at radius 1 is 1.16 bits per heavy atom. The van der Waals surface area contributed by atoms with Gasteiger partial charge in [0.15, 0.2) is 0 Å². The van der Waals surface area contributed by atoms with Crippen LogP contribution < -0.4 is 26.7 Å². The van der Waals surface area contributed by atoms with Gasteiger partial charge in [0, 0.05) is 17.6 Å². The number of fused-ring (bicyclic) bond motifs is 1. The topological polar surface area (TPSA) is 137 Å². The molecule has 1 aliphatic heterocycles. The van der Waals surface area contributed by atoms with Crippen molar-refractivity contribution in [3.8, 4) is 5.75 Å². The fraction of sp³-hybridized carbons (Fsp3) is 0.409. The Kier molecular flexibility index (Phi) is 5.44. The third kappa shape index (κ3) is 4.01. The predicted octanol–water partition coefficient (Wildman–Crippen LogP) is 2.28. The molecule has 2 fully saturated rings. The van der Waals surface area contributed by atoms with Crippen LogP contribution in [0.3, 0.4) is 0 Å². The van der Waals surface area contributed by atoms with Crippen molar-refractivity contribution in [2.75, 3.05) is 17.6 Å². The van der Waals surface area contributed by atoms with E-state index < -0.39 is 0 Å². The maximum atomic E-state index is 12.8. The zero-order valence-electron chi connectivity index (χ0n) is 17.6. The molecule has 5 rings (SSSR count). The number of hydrogen-bond acceptors (Lipinski definition) is 9. The quantitative estimate of drug-likeness (QED) is 0.515. The van der Waals surface area contributed by atoms with Crippen molar-refractivity contribution < 1.29 is 9.53 Å². The van der Waals surface area contributed by atoms with E-state index in [2.05, 4.69) is 25.6 Å². The van der Waals surface area contributed by atoms with Crippen LogP contribution in [-0.4, -0.2) is 38.1 Å². The first-order valence-corrected chi connectivity index (χ1v) is 10.9. The van der Waals surface area contributed by atoms with E-state index in [4.69, 9.17) is 10.5 Å². The monoisotopic (exact) mass is 435 g/mol. The molecule has 0 bridgehead atoms. The van der Waals surface area contributed by atoms with Gasteiger partial charge in [-0.3, -0.25) is 9.36 Å². The summed E-state index contributed by atoms with van der Waals surface area (Å²) in [7, 11) is 0. The van der Waals surface area contributed by atoms with Gasteiger partial charge in [-0.25, -0.2) is 14.8 Å². The van der Waals surface area contributed by atoms with Crippen molar-refractivity contribution in [3.05, 3.63) is 40.9 Å². The lowest BCUT2D eigenvalue weighted by atomic mass is 10.2. The zero-order chi connectivity index (χ0) is 22.1. The summed E-state index contributed by atoms with van der Waals surface area (Å²) in [4.78, 5) is 38.1. The lowest BCUT2D eigenvalue weighted by Crippen LogP contribution is -2.34. The van der Waals surface area contributed by atoms with Gasteiger partial charge >= 0.3 is 5.97 Å². The van der Waals surface area contributed by atoms with E-state index >= 15 is 0 Å². The van der Waals surface area contributed by atoms with Gasteiger partial charge in [0.05, 0.1) is 11.9 Å². The van der Waals surface area contributed by atoms with E-state index in [1.165, 1.54) is 6.20 Å². The minimum Gasteiger partial charge on any atom is -0.424 e. The Hall–Kier alpha value is -3.53. The molecule has 10 heteroatoms. The molecule has 0 amide bonds. The van der Waals surface area contributed by atoms with Crippen LogP contribution in [-0.2, 0) is 4.79 Å². The fourth-order valence-electron chi connectivity index (χ4n) is 4.41. The Balaban J connectivity index is 1.37. The number of esters is 1. The van der Waals surface area contributed by atoms with Crippen LogP contribution in [0.1, 0.15) is 44.6 Å². The van der Waals surface area contributed by atoms with E-state index in [0.29, 0.717) is 23.2 Å². The Labute approximate surface area is 184 Å². The van der Waals surface area contributed by atoms with Gasteiger partial charge in [-0.05, 0) is 50.4 Å². The largest absolute Gasteiger partial charge is 0.424 e. The normalized spacial score (nSPS) is 18.8. The molecule has 3 aromatic rings. The molecule has 3 aromatic heterocycles. The third-order valence-corrected chi connectivity index (χ3v) is 6.03. The SMILES string of the molecule is Nc1cc2cnc(Nc3ccc(OC(=O)[C@@H]4CCCN4)cn3)nc2n(C2CCCC2)c1=O. The van der Waals surface area contributed by atoms with Crippen LogP contribution in [0.4, 0.5) is 17.5 Å². The number of rotatable bonds is 5. The number of hydrogen-bond donors (Lipinski definition) is 3. The number of nitrogen functional groups attached to an aromatic ring is 1. The number of aromatic nitrogens is 4.